The van der Waals surface area contributed by atoms with E-state index >= 15 is 0 Å². The summed E-state index contributed by atoms with van der Waals surface area (Å²) in [7, 11) is 3.48. The Labute approximate surface area is 113 Å². The summed E-state index contributed by atoms with van der Waals surface area (Å²) in [6.07, 6.45) is 0. The lowest BCUT2D eigenvalue weighted by Gasteiger charge is -2.36. The Kier molecular flexibility index (Phi) is 4.04. The molecule has 0 aromatic heterocycles. The van der Waals surface area contributed by atoms with Crippen molar-refractivity contribution in [3.8, 4) is 0 Å². The number of hydrogen-bond acceptors (Lipinski definition) is 2. The highest BCUT2D eigenvalue weighted by atomic mass is 16.2. The zero-order valence-electron chi connectivity index (χ0n) is 11.4. The highest BCUT2D eigenvalue weighted by Crippen LogP contribution is 2.09. The molecule has 1 aliphatic heterocycles. The summed E-state index contributed by atoms with van der Waals surface area (Å²) >= 11 is 0. The second-order valence-corrected chi connectivity index (χ2v) is 4.82. The molecule has 102 valence electrons. The van der Waals surface area contributed by atoms with Gasteiger partial charge in [-0.2, -0.15) is 0 Å². The van der Waals surface area contributed by atoms with Gasteiger partial charge in [0.15, 0.2) is 0 Å². The number of benzene rings is 1. The zero-order valence-corrected chi connectivity index (χ0v) is 11.4. The van der Waals surface area contributed by atoms with E-state index in [1.165, 1.54) is 0 Å². The molecule has 3 amide bonds. The maximum Gasteiger partial charge on any atom is 0.319 e. The standard InChI is InChI=1S/C14H19N3O2/c1-15(2)14(19)17-10-8-16(9-11-17)13(18)12-6-4-3-5-7-12/h3-7H,8-11H2,1-2H3. The summed E-state index contributed by atoms with van der Waals surface area (Å²) < 4.78 is 0. The van der Waals surface area contributed by atoms with E-state index in [0.717, 1.165) is 0 Å². The number of amides is 3. The monoisotopic (exact) mass is 261 g/mol. The highest BCUT2D eigenvalue weighted by Gasteiger charge is 2.25. The average molecular weight is 261 g/mol. The number of urea groups is 1. The number of carbonyl (C=O) groups excluding carboxylic acids is 2. The Morgan fingerprint density at radius 3 is 2.00 bits per heavy atom. The van der Waals surface area contributed by atoms with Crippen LogP contribution >= 0.6 is 0 Å². The minimum absolute atomic E-state index is 0.00631. The third-order valence-corrected chi connectivity index (χ3v) is 3.24. The van der Waals surface area contributed by atoms with E-state index in [1.807, 2.05) is 30.3 Å². The maximum absolute atomic E-state index is 12.2. The number of piperazine rings is 1. The summed E-state index contributed by atoms with van der Waals surface area (Å²) in [5.41, 5.74) is 0.704. The lowest BCUT2D eigenvalue weighted by atomic mass is 10.2. The zero-order chi connectivity index (χ0) is 13.8. The molecule has 19 heavy (non-hydrogen) atoms. The average Bonchev–Trinajstić information content (AvgIpc) is 2.46. The van der Waals surface area contributed by atoms with Crippen molar-refractivity contribution < 1.29 is 9.59 Å². The summed E-state index contributed by atoms with van der Waals surface area (Å²) in [4.78, 5) is 29.2. The van der Waals surface area contributed by atoms with Crippen molar-refractivity contribution in [2.75, 3.05) is 40.3 Å². The molecule has 1 aliphatic rings. The first-order valence-electron chi connectivity index (χ1n) is 6.40. The van der Waals surface area contributed by atoms with Crippen molar-refractivity contribution in [1.82, 2.24) is 14.7 Å². The van der Waals surface area contributed by atoms with Crippen LogP contribution in [0.3, 0.4) is 0 Å². The Hall–Kier alpha value is -2.04. The second kappa shape index (κ2) is 5.73. The third-order valence-electron chi connectivity index (χ3n) is 3.24. The molecule has 1 saturated heterocycles. The van der Waals surface area contributed by atoms with Gasteiger partial charge in [0.2, 0.25) is 0 Å². The van der Waals surface area contributed by atoms with Gasteiger partial charge in [0.1, 0.15) is 0 Å². The molecule has 0 radical (unpaired) electrons. The summed E-state index contributed by atoms with van der Waals surface area (Å²) in [5, 5.41) is 0. The molecule has 1 fully saturated rings. The molecule has 0 bridgehead atoms. The van der Waals surface area contributed by atoms with Crippen molar-refractivity contribution in [3.63, 3.8) is 0 Å². The second-order valence-electron chi connectivity index (χ2n) is 4.82. The first kappa shape index (κ1) is 13.4. The number of hydrogen-bond donors (Lipinski definition) is 0. The predicted molar refractivity (Wildman–Crippen MR) is 73.0 cm³/mol. The molecule has 1 aromatic rings. The van der Waals surface area contributed by atoms with Gasteiger partial charge < -0.3 is 14.7 Å². The van der Waals surface area contributed by atoms with Crippen LogP contribution in [0.15, 0.2) is 30.3 Å². The van der Waals surface area contributed by atoms with E-state index in [9.17, 15) is 9.59 Å². The van der Waals surface area contributed by atoms with Crippen LogP contribution in [0.25, 0.3) is 0 Å². The summed E-state index contributed by atoms with van der Waals surface area (Å²) in [6, 6.07) is 9.26. The summed E-state index contributed by atoms with van der Waals surface area (Å²) in [5.74, 6) is 0.0394. The van der Waals surface area contributed by atoms with E-state index in [-0.39, 0.29) is 11.9 Å². The lowest BCUT2D eigenvalue weighted by Crippen LogP contribution is -2.52. The van der Waals surface area contributed by atoms with Gasteiger partial charge in [-0.3, -0.25) is 4.79 Å². The minimum atomic E-state index is 0.00631. The van der Waals surface area contributed by atoms with Crippen LogP contribution in [0.5, 0.6) is 0 Å². The predicted octanol–water partition coefficient (Wildman–Crippen LogP) is 1.13. The van der Waals surface area contributed by atoms with E-state index in [1.54, 1.807) is 28.8 Å². The van der Waals surface area contributed by atoms with Crippen LogP contribution in [0.4, 0.5) is 4.79 Å². The van der Waals surface area contributed by atoms with E-state index < -0.39 is 0 Å². The molecule has 5 nitrogen and oxygen atoms in total. The Balaban J connectivity index is 1.94. The van der Waals surface area contributed by atoms with E-state index in [4.69, 9.17) is 0 Å². The molecule has 0 aliphatic carbocycles. The van der Waals surface area contributed by atoms with Gasteiger partial charge in [-0.05, 0) is 12.1 Å². The fourth-order valence-corrected chi connectivity index (χ4v) is 2.15. The molecule has 0 N–H and O–H groups in total. The Morgan fingerprint density at radius 2 is 1.47 bits per heavy atom. The van der Waals surface area contributed by atoms with Crippen LogP contribution < -0.4 is 0 Å². The normalized spacial score (nSPS) is 15.3. The molecule has 0 saturated carbocycles. The highest BCUT2D eigenvalue weighted by molar-refractivity contribution is 5.94. The number of rotatable bonds is 1. The third kappa shape index (κ3) is 3.05. The smallest absolute Gasteiger partial charge is 0.319 e. The lowest BCUT2D eigenvalue weighted by molar-refractivity contribution is 0.0650. The first-order valence-corrected chi connectivity index (χ1v) is 6.40. The van der Waals surface area contributed by atoms with Crippen molar-refractivity contribution in [3.05, 3.63) is 35.9 Å². The fraction of sp³-hybridized carbons (Fsp3) is 0.429. The van der Waals surface area contributed by atoms with Crippen LogP contribution in [-0.2, 0) is 0 Å². The molecule has 1 aromatic carbocycles. The van der Waals surface area contributed by atoms with E-state index in [2.05, 4.69) is 0 Å². The topological polar surface area (TPSA) is 43.9 Å². The minimum Gasteiger partial charge on any atom is -0.335 e. The fourth-order valence-electron chi connectivity index (χ4n) is 2.15. The van der Waals surface area contributed by atoms with Crippen molar-refractivity contribution in [2.24, 2.45) is 0 Å². The molecule has 0 unspecified atom stereocenters. The van der Waals surface area contributed by atoms with Crippen molar-refractivity contribution >= 4 is 11.9 Å². The van der Waals surface area contributed by atoms with Gasteiger partial charge in [0.25, 0.3) is 5.91 Å². The van der Waals surface area contributed by atoms with Crippen LogP contribution in [-0.4, -0.2) is 66.9 Å². The largest absolute Gasteiger partial charge is 0.335 e. The Morgan fingerprint density at radius 1 is 0.947 bits per heavy atom. The van der Waals surface area contributed by atoms with Crippen LogP contribution in [0.2, 0.25) is 0 Å². The van der Waals surface area contributed by atoms with Gasteiger partial charge in [-0.15, -0.1) is 0 Å². The number of nitrogens with zero attached hydrogens (tertiary/aromatic N) is 3. The van der Waals surface area contributed by atoms with Gasteiger partial charge in [-0.25, -0.2) is 4.79 Å². The first-order chi connectivity index (χ1) is 9.09. The van der Waals surface area contributed by atoms with Crippen LogP contribution in [0.1, 0.15) is 10.4 Å². The van der Waals surface area contributed by atoms with Crippen LogP contribution in [0, 0.1) is 0 Å². The summed E-state index contributed by atoms with van der Waals surface area (Å²) in [6.45, 7) is 2.37. The molecular weight excluding hydrogens is 242 g/mol. The Bertz CT molecular complexity index is 451. The van der Waals surface area contributed by atoms with Crippen molar-refractivity contribution in [2.45, 2.75) is 0 Å². The van der Waals surface area contributed by atoms with E-state index in [0.29, 0.717) is 31.7 Å². The van der Waals surface area contributed by atoms with Gasteiger partial charge >= 0.3 is 6.03 Å². The van der Waals surface area contributed by atoms with Gasteiger partial charge in [-0.1, -0.05) is 18.2 Å². The quantitative estimate of drug-likeness (QED) is 0.760. The van der Waals surface area contributed by atoms with Crippen molar-refractivity contribution in [1.29, 1.82) is 0 Å². The molecule has 0 atom stereocenters. The van der Waals surface area contributed by atoms with Gasteiger partial charge in [0.05, 0.1) is 0 Å². The maximum atomic E-state index is 12.2. The molecule has 1 heterocycles. The molecule has 5 heteroatoms. The SMILES string of the molecule is CN(C)C(=O)N1CCN(C(=O)c2ccccc2)CC1. The number of carbonyl (C=O) groups is 2. The molecule has 2 rings (SSSR count). The van der Waals surface area contributed by atoms with Gasteiger partial charge in [0, 0.05) is 45.8 Å². The molecule has 0 spiro atoms. The molecular formula is C14H19N3O2.